The second-order valence-electron chi connectivity index (χ2n) is 6.59. The van der Waals surface area contributed by atoms with Gasteiger partial charge in [-0.25, -0.2) is 9.59 Å². The molecule has 0 unspecified atom stereocenters. The molecule has 9 heteroatoms. The molecule has 2 aromatic rings. The quantitative estimate of drug-likeness (QED) is 0.352. The molecule has 0 saturated heterocycles. The molecule has 2 rings (SSSR count). The average molecular weight is 526 g/mol. The van der Waals surface area contributed by atoms with Gasteiger partial charge in [0.15, 0.2) is 0 Å². The minimum absolute atomic E-state index is 0.0853. The Labute approximate surface area is 187 Å². The second-order valence-corrected chi connectivity index (χ2v) is 7.84. The number of aliphatic hydroxyl groups excluding tert-OH is 1. The molecular formula is C21H23IN2O6. The highest BCUT2D eigenvalue weighted by Crippen LogP contribution is 2.10. The highest BCUT2D eigenvalue weighted by molar-refractivity contribution is 14.1. The van der Waals surface area contributed by atoms with Gasteiger partial charge < -0.3 is 25.6 Å². The number of aliphatic carboxylic acids is 1. The van der Waals surface area contributed by atoms with Crippen LogP contribution >= 0.6 is 22.6 Å². The zero-order chi connectivity index (χ0) is 21.9. The van der Waals surface area contributed by atoms with Crippen molar-refractivity contribution in [3.8, 4) is 0 Å². The predicted octanol–water partition coefficient (Wildman–Crippen LogP) is 2.08. The number of benzene rings is 2. The van der Waals surface area contributed by atoms with Crippen LogP contribution in [0.2, 0.25) is 0 Å². The highest BCUT2D eigenvalue weighted by atomic mass is 127. The molecule has 8 nitrogen and oxygen atoms in total. The summed E-state index contributed by atoms with van der Waals surface area (Å²) in [7, 11) is 0. The Kier molecular flexibility index (Phi) is 9.55. The maximum absolute atomic E-state index is 12.1. The van der Waals surface area contributed by atoms with Crippen molar-refractivity contribution in [2.45, 2.75) is 31.6 Å². The summed E-state index contributed by atoms with van der Waals surface area (Å²) < 4.78 is 5.97. The monoisotopic (exact) mass is 526 g/mol. The Morgan fingerprint density at radius 1 is 1.03 bits per heavy atom. The van der Waals surface area contributed by atoms with Gasteiger partial charge in [0.25, 0.3) is 0 Å². The van der Waals surface area contributed by atoms with Crippen LogP contribution in [0.4, 0.5) is 4.79 Å². The molecule has 0 fully saturated rings. The molecule has 2 aromatic carbocycles. The first kappa shape index (κ1) is 23.6. The number of hydrogen-bond acceptors (Lipinski definition) is 5. The van der Waals surface area contributed by atoms with Crippen molar-refractivity contribution in [3.05, 3.63) is 69.3 Å². The zero-order valence-corrected chi connectivity index (χ0v) is 18.2. The first-order chi connectivity index (χ1) is 14.3. The molecule has 160 valence electrons. The first-order valence-electron chi connectivity index (χ1n) is 9.22. The minimum Gasteiger partial charge on any atom is -0.480 e. The molecule has 0 aliphatic heterocycles. The first-order valence-corrected chi connectivity index (χ1v) is 10.3. The van der Waals surface area contributed by atoms with Gasteiger partial charge in [-0.15, -0.1) is 0 Å². The average Bonchev–Trinajstić information content (AvgIpc) is 2.71. The lowest BCUT2D eigenvalue weighted by Crippen LogP contribution is -2.44. The lowest BCUT2D eigenvalue weighted by atomic mass is 10.1. The van der Waals surface area contributed by atoms with Gasteiger partial charge in [0.05, 0.1) is 12.5 Å². The van der Waals surface area contributed by atoms with Crippen molar-refractivity contribution in [3.63, 3.8) is 0 Å². The number of nitrogens with one attached hydrogen (secondary N) is 2. The number of hydrogen-bond donors (Lipinski definition) is 4. The van der Waals surface area contributed by atoms with Crippen molar-refractivity contribution < 1.29 is 29.3 Å². The van der Waals surface area contributed by atoms with E-state index in [9.17, 15) is 24.6 Å². The van der Waals surface area contributed by atoms with Crippen LogP contribution in [-0.2, 0) is 27.4 Å². The Morgan fingerprint density at radius 2 is 1.73 bits per heavy atom. The number of amides is 2. The summed E-state index contributed by atoms with van der Waals surface area (Å²) in [6, 6.07) is 15.3. The third-order valence-electron chi connectivity index (χ3n) is 4.08. The largest absolute Gasteiger partial charge is 0.480 e. The van der Waals surface area contributed by atoms with E-state index in [1.807, 2.05) is 48.5 Å². The fourth-order valence-corrected chi connectivity index (χ4v) is 3.22. The molecular weight excluding hydrogens is 503 g/mol. The van der Waals surface area contributed by atoms with E-state index in [1.165, 1.54) is 0 Å². The summed E-state index contributed by atoms with van der Waals surface area (Å²) in [6.07, 6.45) is -2.13. The molecule has 0 radical (unpaired) electrons. The van der Waals surface area contributed by atoms with E-state index in [0.717, 1.165) is 14.7 Å². The van der Waals surface area contributed by atoms with Gasteiger partial charge in [0, 0.05) is 16.5 Å². The molecule has 0 heterocycles. The molecule has 0 aromatic heterocycles. The van der Waals surface area contributed by atoms with Crippen LogP contribution in [0.25, 0.3) is 0 Å². The predicted molar refractivity (Wildman–Crippen MR) is 118 cm³/mol. The van der Waals surface area contributed by atoms with Gasteiger partial charge in [-0.1, -0.05) is 42.5 Å². The molecule has 0 saturated carbocycles. The maximum Gasteiger partial charge on any atom is 0.407 e. The van der Waals surface area contributed by atoms with Crippen LogP contribution in [0.1, 0.15) is 17.5 Å². The van der Waals surface area contributed by atoms with Gasteiger partial charge in [-0.05, 0) is 45.9 Å². The van der Waals surface area contributed by atoms with Crippen molar-refractivity contribution in [2.75, 3.05) is 6.54 Å². The van der Waals surface area contributed by atoms with Crippen molar-refractivity contribution in [1.29, 1.82) is 0 Å². The Morgan fingerprint density at radius 3 is 2.40 bits per heavy atom. The van der Waals surface area contributed by atoms with Crippen LogP contribution in [0.5, 0.6) is 0 Å². The summed E-state index contributed by atoms with van der Waals surface area (Å²) in [6.45, 7) is -0.113. The van der Waals surface area contributed by atoms with Crippen LogP contribution in [-0.4, -0.2) is 46.9 Å². The molecule has 2 atom stereocenters. The summed E-state index contributed by atoms with van der Waals surface area (Å²) in [5.74, 6) is -1.79. The number of carboxylic acid groups (broad SMARTS) is 1. The van der Waals surface area contributed by atoms with E-state index < -0.39 is 30.1 Å². The number of carboxylic acids is 1. The number of aliphatic hydroxyl groups is 1. The standard InChI is InChI=1S/C21H23IN2O6/c22-16-8-4-7-15(9-16)10-18(20(27)28)24-19(26)11-17(25)12-23-21(29)30-13-14-5-2-1-3-6-14/h1-9,17-18,25H,10-13H2,(H,23,29)(H,24,26)(H,27,28)/t17-,18+/m1/s1. The molecule has 0 aliphatic rings. The number of carbonyl (C=O) groups is 3. The fourth-order valence-electron chi connectivity index (χ4n) is 2.61. The number of ether oxygens (including phenoxy) is 1. The van der Waals surface area contributed by atoms with E-state index >= 15 is 0 Å². The van der Waals surface area contributed by atoms with Crippen molar-refractivity contribution in [2.24, 2.45) is 0 Å². The molecule has 0 bridgehead atoms. The molecule has 2 amide bonds. The number of halogens is 1. The topological polar surface area (TPSA) is 125 Å². The summed E-state index contributed by atoms with van der Waals surface area (Å²) in [4.78, 5) is 35.2. The van der Waals surface area contributed by atoms with Crippen LogP contribution in [0.3, 0.4) is 0 Å². The van der Waals surface area contributed by atoms with E-state index in [0.29, 0.717) is 0 Å². The third kappa shape index (κ3) is 8.78. The number of rotatable bonds is 10. The minimum atomic E-state index is -1.18. The number of alkyl carbamates (subject to hydrolysis) is 1. The molecule has 30 heavy (non-hydrogen) atoms. The van der Waals surface area contributed by atoms with Crippen molar-refractivity contribution >= 4 is 40.6 Å². The summed E-state index contributed by atoms with van der Waals surface area (Å²) in [5, 5.41) is 24.1. The zero-order valence-electron chi connectivity index (χ0n) is 16.1. The van der Waals surface area contributed by atoms with E-state index in [-0.39, 0.29) is 26.0 Å². The Balaban J connectivity index is 1.73. The highest BCUT2D eigenvalue weighted by Gasteiger charge is 2.22. The normalized spacial score (nSPS) is 12.5. The van der Waals surface area contributed by atoms with Gasteiger partial charge in [0.2, 0.25) is 5.91 Å². The Hall–Kier alpha value is -2.66. The van der Waals surface area contributed by atoms with Gasteiger partial charge >= 0.3 is 12.1 Å². The Bertz CT molecular complexity index is 862. The maximum atomic E-state index is 12.1. The van der Waals surface area contributed by atoms with Gasteiger partial charge in [0.1, 0.15) is 12.6 Å². The lowest BCUT2D eigenvalue weighted by Gasteiger charge is -2.17. The molecule has 0 aliphatic carbocycles. The summed E-state index contributed by atoms with van der Waals surface area (Å²) in [5.41, 5.74) is 1.60. The van der Waals surface area contributed by atoms with Crippen molar-refractivity contribution in [1.82, 2.24) is 10.6 Å². The SMILES string of the molecule is O=C(C[C@@H](O)CNC(=O)OCc1ccccc1)N[C@@H](Cc1cccc(I)c1)C(=O)O. The van der Waals surface area contributed by atoms with E-state index in [4.69, 9.17) is 4.74 Å². The number of carbonyl (C=O) groups excluding carboxylic acids is 2. The molecule has 4 N–H and O–H groups in total. The van der Waals surface area contributed by atoms with Crippen LogP contribution < -0.4 is 10.6 Å². The van der Waals surface area contributed by atoms with Gasteiger partial charge in [-0.2, -0.15) is 0 Å². The summed E-state index contributed by atoms with van der Waals surface area (Å²) >= 11 is 2.12. The molecule has 0 spiro atoms. The third-order valence-corrected chi connectivity index (χ3v) is 4.75. The van der Waals surface area contributed by atoms with Crippen LogP contribution in [0.15, 0.2) is 54.6 Å². The van der Waals surface area contributed by atoms with Gasteiger partial charge in [-0.3, -0.25) is 4.79 Å². The second kappa shape index (κ2) is 12.1. The smallest absolute Gasteiger partial charge is 0.407 e. The fraction of sp³-hybridized carbons (Fsp3) is 0.286. The van der Waals surface area contributed by atoms with E-state index in [2.05, 4.69) is 33.2 Å². The van der Waals surface area contributed by atoms with E-state index in [1.54, 1.807) is 6.07 Å². The van der Waals surface area contributed by atoms with Crippen LogP contribution in [0, 0.1) is 3.57 Å². The lowest BCUT2D eigenvalue weighted by molar-refractivity contribution is -0.142.